The molecule has 0 aliphatic rings. The number of rotatable bonds is 6. The molecule has 110 valence electrons. The van der Waals surface area contributed by atoms with E-state index in [9.17, 15) is 9.59 Å². The number of nitrogens with one attached hydrogen (secondary N) is 1. The third-order valence-corrected chi connectivity index (χ3v) is 3.65. The van der Waals surface area contributed by atoms with E-state index < -0.39 is 6.04 Å². The van der Waals surface area contributed by atoms with E-state index in [-0.39, 0.29) is 17.7 Å². The molecule has 0 bridgehead atoms. The Morgan fingerprint density at radius 3 is 2.30 bits per heavy atom. The molecular formula is C16H24N2O2. The van der Waals surface area contributed by atoms with Crippen molar-refractivity contribution in [2.75, 3.05) is 13.6 Å². The van der Waals surface area contributed by atoms with Crippen LogP contribution in [0.4, 0.5) is 0 Å². The van der Waals surface area contributed by atoms with Crippen molar-refractivity contribution in [2.45, 2.75) is 33.2 Å². The highest BCUT2D eigenvalue weighted by atomic mass is 16.2. The van der Waals surface area contributed by atoms with E-state index in [0.29, 0.717) is 12.1 Å². The smallest absolute Gasteiger partial charge is 0.251 e. The first-order valence-corrected chi connectivity index (χ1v) is 7.12. The van der Waals surface area contributed by atoms with Crippen LogP contribution in [-0.2, 0) is 4.79 Å². The maximum atomic E-state index is 12.4. The van der Waals surface area contributed by atoms with Gasteiger partial charge in [0.2, 0.25) is 5.91 Å². The molecule has 0 aliphatic carbocycles. The summed E-state index contributed by atoms with van der Waals surface area (Å²) >= 11 is 0. The van der Waals surface area contributed by atoms with Crippen molar-refractivity contribution < 1.29 is 9.59 Å². The van der Waals surface area contributed by atoms with Gasteiger partial charge in [0, 0.05) is 19.2 Å². The summed E-state index contributed by atoms with van der Waals surface area (Å²) < 4.78 is 0. The van der Waals surface area contributed by atoms with Crippen LogP contribution in [0, 0.1) is 5.92 Å². The summed E-state index contributed by atoms with van der Waals surface area (Å²) in [6, 6.07) is 8.51. The predicted octanol–water partition coefficient (Wildman–Crippen LogP) is 2.31. The molecule has 2 amide bonds. The fourth-order valence-electron chi connectivity index (χ4n) is 1.89. The van der Waals surface area contributed by atoms with Crippen LogP contribution in [0.2, 0.25) is 0 Å². The molecule has 0 aliphatic heterocycles. The summed E-state index contributed by atoms with van der Waals surface area (Å²) in [5.74, 6) is -0.135. The lowest BCUT2D eigenvalue weighted by molar-refractivity contribution is -0.133. The van der Waals surface area contributed by atoms with Crippen molar-refractivity contribution in [3.8, 4) is 0 Å². The summed E-state index contributed by atoms with van der Waals surface area (Å²) in [6.07, 6.45) is 0.836. The maximum Gasteiger partial charge on any atom is 0.251 e. The molecule has 1 aromatic rings. The highest BCUT2D eigenvalue weighted by Gasteiger charge is 2.28. The second kappa shape index (κ2) is 7.68. The average molecular weight is 276 g/mol. The fourth-order valence-corrected chi connectivity index (χ4v) is 1.89. The molecule has 1 aromatic carbocycles. The molecule has 0 aromatic heterocycles. The van der Waals surface area contributed by atoms with E-state index >= 15 is 0 Å². The molecule has 1 rings (SSSR count). The third kappa shape index (κ3) is 4.08. The molecule has 0 fully saturated rings. The zero-order chi connectivity index (χ0) is 15.1. The van der Waals surface area contributed by atoms with Gasteiger partial charge in [0.1, 0.15) is 6.04 Å². The number of nitrogens with zero attached hydrogens (tertiary/aromatic N) is 1. The molecule has 0 radical (unpaired) electrons. The van der Waals surface area contributed by atoms with Crippen LogP contribution >= 0.6 is 0 Å². The Hall–Kier alpha value is -1.84. The first kappa shape index (κ1) is 16.2. The lowest BCUT2D eigenvalue weighted by Crippen LogP contribution is -2.50. The summed E-state index contributed by atoms with van der Waals surface area (Å²) in [6.45, 7) is 6.56. The molecule has 20 heavy (non-hydrogen) atoms. The fraction of sp³-hybridized carbons (Fsp3) is 0.500. The van der Waals surface area contributed by atoms with Gasteiger partial charge in [-0.15, -0.1) is 0 Å². The van der Waals surface area contributed by atoms with Gasteiger partial charge in [0.15, 0.2) is 0 Å². The number of hydrogen-bond acceptors (Lipinski definition) is 2. The van der Waals surface area contributed by atoms with Crippen molar-refractivity contribution >= 4 is 11.8 Å². The highest BCUT2D eigenvalue weighted by molar-refractivity contribution is 5.97. The van der Waals surface area contributed by atoms with Crippen LogP contribution in [0.5, 0.6) is 0 Å². The zero-order valence-corrected chi connectivity index (χ0v) is 12.7. The van der Waals surface area contributed by atoms with Crippen LogP contribution in [0.25, 0.3) is 0 Å². The van der Waals surface area contributed by atoms with Crippen molar-refractivity contribution in [1.29, 1.82) is 0 Å². The minimum atomic E-state index is -0.474. The lowest BCUT2D eigenvalue weighted by Gasteiger charge is -2.27. The molecule has 0 spiro atoms. The Morgan fingerprint density at radius 1 is 1.20 bits per heavy atom. The number of carbonyl (C=O) groups is 2. The summed E-state index contributed by atoms with van der Waals surface area (Å²) in [7, 11) is 1.76. The Bertz CT molecular complexity index is 445. The molecule has 2 atom stereocenters. The Labute approximate surface area is 121 Å². The van der Waals surface area contributed by atoms with Crippen LogP contribution in [0.15, 0.2) is 30.3 Å². The summed E-state index contributed by atoms with van der Waals surface area (Å²) in [5.41, 5.74) is 0.577. The summed E-state index contributed by atoms with van der Waals surface area (Å²) in [4.78, 5) is 26.2. The van der Waals surface area contributed by atoms with Gasteiger partial charge in [-0.1, -0.05) is 38.5 Å². The monoisotopic (exact) mass is 276 g/mol. The average Bonchev–Trinajstić information content (AvgIpc) is 2.50. The van der Waals surface area contributed by atoms with Crippen molar-refractivity contribution in [3.05, 3.63) is 35.9 Å². The Kier molecular flexibility index (Phi) is 6.22. The lowest BCUT2D eigenvalue weighted by atomic mass is 9.97. The van der Waals surface area contributed by atoms with Gasteiger partial charge >= 0.3 is 0 Å². The Balaban J connectivity index is 2.85. The molecule has 4 nitrogen and oxygen atoms in total. The van der Waals surface area contributed by atoms with E-state index in [2.05, 4.69) is 5.32 Å². The molecule has 2 unspecified atom stereocenters. The topological polar surface area (TPSA) is 49.4 Å². The Morgan fingerprint density at radius 2 is 1.80 bits per heavy atom. The van der Waals surface area contributed by atoms with E-state index in [0.717, 1.165) is 6.42 Å². The van der Waals surface area contributed by atoms with Crippen molar-refractivity contribution in [2.24, 2.45) is 5.92 Å². The molecule has 1 N–H and O–H groups in total. The molecule has 0 saturated carbocycles. The normalized spacial score (nSPS) is 13.4. The van der Waals surface area contributed by atoms with E-state index in [4.69, 9.17) is 0 Å². The standard InChI is InChI=1S/C16H24N2O2/c1-5-12(3)14(16(20)18(4)6-2)17-15(19)13-10-8-7-9-11-13/h7-12,14H,5-6H2,1-4H3,(H,17,19). The number of benzene rings is 1. The van der Waals surface area contributed by atoms with Gasteiger partial charge in [0.05, 0.1) is 0 Å². The SMILES string of the molecule is CCC(C)C(NC(=O)c1ccccc1)C(=O)N(C)CC. The second-order valence-electron chi connectivity index (χ2n) is 5.06. The van der Waals surface area contributed by atoms with Gasteiger partial charge < -0.3 is 10.2 Å². The first-order valence-electron chi connectivity index (χ1n) is 7.12. The minimum Gasteiger partial charge on any atom is -0.344 e. The quantitative estimate of drug-likeness (QED) is 0.866. The van der Waals surface area contributed by atoms with Crippen molar-refractivity contribution in [1.82, 2.24) is 10.2 Å². The van der Waals surface area contributed by atoms with Gasteiger partial charge in [-0.2, -0.15) is 0 Å². The first-order chi connectivity index (χ1) is 9.51. The zero-order valence-electron chi connectivity index (χ0n) is 12.7. The number of likely N-dealkylation sites (N-methyl/N-ethyl adjacent to an activating group) is 1. The predicted molar refractivity (Wildman–Crippen MR) is 80.5 cm³/mol. The van der Waals surface area contributed by atoms with Crippen LogP contribution < -0.4 is 5.32 Å². The molecule has 0 heterocycles. The largest absolute Gasteiger partial charge is 0.344 e. The summed E-state index contributed by atoms with van der Waals surface area (Å²) in [5, 5.41) is 2.87. The van der Waals surface area contributed by atoms with Crippen LogP contribution in [0.1, 0.15) is 37.6 Å². The van der Waals surface area contributed by atoms with Gasteiger partial charge in [-0.3, -0.25) is 9.59 Å². The highest BCUT2D eigenvalue weighted by Crippen LogP contribution is 2.11. The van der Waals surface area contributed by atoms with Gasteiger partial charge in [-0.25, -0.2) is 0 Å². The van der Waals surface area contributed by atoms with Crippen LogP contribution in [-0.4, -0.2) is 36.3 Å². The number of hydrogen-bond donors (Lipinski definition) is 1. The number of carbonyl (C=O) groups excluding carboxylic acids is 2. The van der Waals surface area contributed by atoms with Crippen molar-refractivity contribution in [3.63, 3.8) is 0 Å². The van der Waals surface area contributed by atoms with E-state index in [1.165, 1.54) is 0 Å². The second-order valence-corrected chi connectivity index (χ2v) is 5.06. The van der Waals surface area contributed by atoms with Gasteiger partial charge in [-0.05, 0) is 25.0 Å². The molecule has 0 saturated heterocycles. The maximum absolute atomic E-state index is 12.4. The number of amides is 2. The molecule has 4 heteroatoms. The minimum absolute atomic E-state index is 0.0360. The van der Waals surface area contributed by atoms with Crippen LogP contribution in [0.3, 0.4) is 0 Å². The third-order valence-electron chi connectivity index (χ3n) is 3.65. The van der Waals surface area contributed by atoms with E-state index in [1.54, 1.807) is 24.1 Å². The van der Waals surface area contributed by atoms with E-state index in [1.807, 2.05) is 39.0 Å². The van der Waals surface area contributed by atoms with Gasteiger partial charge in [0.25, 0.3) is 5.91 Å². The molecular weight excluding hydrogens is 252 g/mol.